The van der Waals surface area contributed by atoms with Gasteiger partial charge in [0.1, 0.15) is 0 Å². The first kappa shape index (κ1) is 19.7. The molecule has 9 heteroatoms. The number of rotatable bonds is 5. The smallest absolute Gasteiger partial charge is 0.269 e. The lowest BCUT2D eigenvalue weighted by Crippen LogP contribution is -2.49. The van der Waals surface area contributed by atoms with Crippen LogP contribution in [0.5, 0.6) is 0 Å². The first-order chi connectivity index (χ1) is 14.5. The van der Waals surface area contributed by atoms with Crippen LogP contribution in [0.15, 0.2) is 59.1 Å². The van der Waals surface area contributed by atoms with E-state index in [2.05, 4.69) is 15.0 Å². The maximum atomic E-state index is 12.7. The van der Waals surface area contributed by atoms with Crippen LogP contribution >= 0.6 is 0 Å². The van der Waals surface area contributed by atoms with Crippen molar-refractivity contribution in [3.63, 3.8) is 0 Å². The summed E-state index contributed by atoms with van der Waals surface area (Å²) in [5, 5.41) is 14.8. The maximum absolute atomic E-state index is 12.7. The van der Waals surface area contributed by atoms with E-state index in [0.717, 1.165) is 5.56 Å². The Morgan fingerprint density at radius 1 is 1.07 bits per heavy atom. The molecule has 0 aliphatic carbocycles. The molecule has 0 radical (unpaired) electrons. The summed E-state index contributed by atoms with van der Waals surface area (Å²) in [5.74, 6) is 0.981. The second-order valence-electron chi connectivity index (χ2n) is 7.13. The Bertz CT molecular complexity index is 1030. The zero-order chi connectivity index (χ0) is 21.1. The fraction of sp³-hybridized carbons (Fsp3) is 0.286. The fourth-order valence-corrected chi connectivity index (χ4v) is 3.49. The number of nitro groups is 1. The van der Waals surface area contributed by atoms with Gasteiger partial charge in [-0.05, 0) is 19.1 Å². The van der Waals surface area contributed by atoms with Gasteiger partial charge < -0.3 is 9.42 Å². The zero-order valence-electron chi connectivity index (χ0n) is 16.5. The standard InChI is InChI=1S/C21H21N5O4/c1-15(20-22-19(23-30-20)16-5-3-2-4-6-16)24-11-13-25(14-12-24)21(27)17-7-9-18(10-8-17)26(28)29/h2-10,15H,11-14H2,1H3. The molecule has 9 nitrogen and oxygen atoms in total. The van der Waals surface area contributed by atoms with Crippen molar-refractivity contribution in [2.75, 3.05) is 26.2 Å². The van der Waals surface area contributed by atoms with Gasteiger partial charge in [0, 0.05) is 49.4 Å². The number of hydrogen-bond donors (Lipinski definition) is 0. The van der Waals surface area contributed by atoms with Crippen LogP contribution in [0.4, 0.5) is 5.69 Å². The molecule has 1 aliphatic heterocycles. The lowest BCUT2D eigenvalue weighted by Gasteiger charge is -2.36. The lowest BCUT2D eigenvalue weighted by atomic mass is 10.1. The molecule has 1 aliphatic rings. The molecule has 0 N–H and O–H groups in total. The van der Waals surface area contributed by atoms with Gasteiger partial charge in [0.25, 0.3) is 11.6 Å². The predicted octanol–water partition coefficient (Wildman–Crippen LogP) is 3.16. The number of piperazine rings is 1. The topological polar surface area (TPSA) is 106 Å². The molecule has 0 bridgehead atoms. The van der Waals surface area contributed by atoms with E-state index in [4.69, 9.17) is 4.52 Å². The number of carbonyl (C=O) groups excluding carboxylic acids is 1. The van der Waals surface area contributed by atoms with Crippen LogP contribution in [0.25, 0.3) is 11.4 Å². The van der Waals surface area contributed by atoms with E-state index < -0.39 is 4.92 Å². The molecule has 4 rings (SSSR count). The molecule has 1 atom stereocenters. The van der Waals surface area contributed by atoms with E-state index >= 15 is 0 Å². The van der Waals surface area contributed by atoms with Crippen molar-refractivity contribution in [2.24, 2.45) is 0 Å². The quantitative estimate of drug-likeness (QED) is 0.472. The Morgan fingerprint density at radius 2 is 1.73 bits per heavy atom. The molecule has 154 valence electrons. The lowest BCUT2D eigenvalue weighted by molar-refractivity contribution is -0.384. The van der Waals surface area contributed by atoms with Crippen LogP contribution in [0.2, 0.25) is 0 Å². The summed E-state index contributed by atoms with van der Waals surface area (Å²) >= 11 is 0. The van der Waals surface area contributed by atoms with Gasteiger partial charge in [-0.2, -0.15) is 4.98 Å². The highest BCUT2D eigenvalue weighted by atomic mass is 16.6. The highest BCUT2D eigenvalue weighted by Gasteiger charge is 2.28. The van der Waals surface area contributed by atoms with E-state index in [-0.39, 0.29) is 17.6 Å². The molecular formula is C21H21N5O4. The maximum Gasteiger partial charge on any atom is 0.269 e. The molecule has 3 aromatic rings. The molecule has 1 saturated heterocycles. The number of carbonyl (C=O) groups is 1. The Morgan fingerprint density at radius 3 is 2.37 bits per heavy atom. The Labute approximate surface area is 173 Å². The molecule has 1 amide bonds. The van der Waals surface area contributed by atoms with Crippen molar-refractivity contribution >= 4 is 11.6 Å². The van der Waals surface area contributed by atoms with Crippen molar-refractivity contribution in [3.05, 3.63) is 76.2 Å². The Kier molecular flexibility index (Phi) is 5.53. The number of benzene rings is 2. The van der Waals surface area contributed by atoms with Crippen LogP contribution in [0.1, 0.15) is 29.2 Å². The summed E-state index contributed by atoms with van der Waals surface area (Å²) in [4.78, 5) is 31.5. The second-order valence-corrected chi connectivity index (χ2v) is 7.13. The molecule has 0 saturated carbocycles. The van der Waals surface area contributed by atoms with Crippen LogP contribution in [-0.2, 0) is 0 Å². The molecule has 1 unspecified atom stereocenters. The van der Waals surface area contributed by atoms with Gasteiger partial charge in [-0.1, -0.05) is 35.5 Å². The van der Waals surface area contributed by atoms with Gasteiger partial charge in [0.05, 0.1) is 11.0 Å². The van der Waals surface area contributed by atoms with Crippen molar-refractivity contribution in [2.45, 2.75) is 13.0 Å². The van der Waals surface area contributed by atoms with E-state index in [1.165, 1.54) is 24.3 Å². The first-order valence-corrected chi connectivity index (χ1v) is 9.70. The average molecular weight is 407 g/mol. The third kappa shape index (κ3) is 4.06. The number of non-ortho nitro benzene ring substituents is 1. The fourth-order valence-electron chi connectivity index (χ4n) is 3.49. The SMILES string of the molecule is CC(c1nc(-c2ccccc2)no1)N1CCN(C(=O)c2ccc([N+](=O)[O-])cc2)CC1. The second kappa shape index (κ2) is 8.42. The normalized spacial score (nSPS) is 15.7. The van der Waals surface area contributed by atoms with Crippen LogP contribution < -0.4 is 0 Å². The van der Waals surface area contributed by atoms with Gasteiger partial charge in [-0.15, -0.1) is 0 Å². The number of amides is 1. The highest BCUT2D eigenvalue weighted by molar-refractivity contribution is 5.94. The minimum Gasteiger partial charge on any atom is -0.337 e. The molecule has 0 spiro atoms. The molecule has 2 aromatic carbocycles. The van der Waals surface area contributed by atoms with E-state index in [9.17, 15) is 14.9 Å². The van der Waals surface area contributed by atoms with Crippen LogP contribution in [0, 0.1) is 10.1 Å². The summed E-state index contributed by atoms with van der Waals surface area (Å²) in [7, 11) is 0. The molecule has 30 heavy (non-hydrogen) atoms. The van der Waals surface area contributed by atoms with Gasteiger partial charge in [-0.3, -0.25) is 19.8 Å². The molecule has 1 aromatic heterocycles. The van der Waals surface area contributed by atoms with Crippen molar-refractivity contribution in [1.29, 1.82) is 0 Å². The third-order valence-electron chi connectivity index (χ3n) is 5.31. The Balaban J connectivity index is 1.36. The summed E-state index contributed by atoms with van der Waals surface area (Å²) in [6, 6.07) is 15.3. The Hall–Kier alpha value is -3.59. The largest absolute Gasteiger partial charge is 0.337 e. The molecular weight excluding hydrogens is 386 g/mol. The number of hydrogen-bond acceptors (Lipinski definition) is 7. The van der Waals surface area contributed by atoms with Gasteiger partial charge >= 0.3 is 0 Å². The predicted molar refractivity (Wildman–Crippen MR) is 109 cm³/mol. The minimum atomic E-state index is -0.477. The van der Waals surface area contributed by atoms with E-state index in [0.29, 0.717) is 43.5 Å². The van der Waals surface area contributed by atoms with Crippen LogP contribution in [-0.4, -0.2) is 56.9 Å². The average Bonchev–Trinajstić information content (AvgIpc) is 3.29. The van der Waals surface area contributed by atoms with Gasteiger partial charge in [0.15, 0.2) is 0 Å². The summed E-state index contributed by atoms with van der Waals surface area (Å²) < 4.78 is 5.47. The van der Waals surface area contributed by atoms with Crippen molar-refractivity contribution in [3.8, 4) is 11.4 Å². The first-order valence-electron chi connectivity index (χ1n) is 9.70. The summed E-state index contributed by atoms with van der Waals surface area (Å²) in [5.41, 5.74) is 1.32. The summed E-state index contributed by atoms with van der Waals surface area (Å²) in [6.45, 7) is 4.46. The van der Waals surface area contributed by atoms with Gasteiger partial charge in [0.2, 0.25) is 11.7 Å². The van der Waals surface area contributed by atoms with Crippen molar-refractivity contribution in [1.82, 2.24) is 19.9 Å². The minimum absolute atomic E-state index is 0.0281. The zero-order valence-corrected chi connectivity index (χ0v) is 16.5. The number of nitrogens with zero attached hydrogens (tertiary/aromatic N) is 5. The summed E-state index contributed by atoms with van der Waals surface area (Å²) in [6.07, 6.45) is 0. The highest BCUT2D eigenvalue weighted by Crippen LogP contribution is 2.24. The van der Waals surface area contributed by atoms with E-state index in [1.54, 1.807) is 4.90 Å². The third-order valence-corrected chi connectivity index (χ3v) is 5.31. The number of nitro benzene ring substituents is 1. The van der Waals surface area contributed by atoms with Crippen molar-refractivity contribution < 1.29 is 14.2 Å². The van der Waals surface area contributed by atoms with Crippen LogP contribution in [0.3, 0.4) is 0 Å². The monoisotopic (exact) mass is 407 g/mol. The van der Waals surface area contributed by atoms with Gasteiger partial charge in [-0.25, -0.2) is 0 Å². The number of aromatic nitrogens is 2. The van der Waals surface area contributed by atoms with E-state index in [1.807, 2.05) is 37.3 Å². The molecule has 2 heterocycles. The molecule has 1 fully saturated rings.